The Morgan fingerprint density at radius 2 is 2.10 bits per heavy atom. The monoisotopic (exact) mass is 299 g/mol. The first-order valence-corrected chi connectivity index (χ1v) is 7.14. The van der Waals surface area contributed by atoms with Gasteiger partial charge in [-0.25, -0.2) is 4.79 Å². The molecule has 0 aromatic heterocycles. The van der Waals surface area contributed by atoms with Gasteiger partial charge in [0.2, 0.25) is 0 Å². The zero-order valence-corrected chi connectivity index (χ0v) is 12.9. The maximum atomic E-state index is 11.0. The Hall–Kier alpha value is -1.10. The van der Waals surface area contributed by atoms with Gasteiger partial charge in [0.15, 0.2) is 6.10 Å². The van der Waals surface area contributed by atoms with Crippen molar-refractivity contribution < 1.29 is 14.6 Å². The van der Waals surface area contributed by atoms with Gasteiger partial charge in [-0.1, -0.05) is 29.8 Å². The molecule has 0 fully saturated rings. The number of benzene rings is 1. The smallest absolute Gasteiger partial charge is 0.332 e. The Kier molecular flexibility index (Phi) is 6.99. The number of ether oxygens (including phenoxy) is 1. The Morgan fingerprint density at radius 1 is 1.45 bits per heavy atom. The summed E-state index contributed by atoms with van der Waals surface area (Å²) in [6, 6.07) is 7.82. The third-order valence-corrected chi connectivity index (χ3v) is 3.75. The fraction of sp³-hybridized carbons (Fsp3) is 0.533. The summed E-state index contributed by atoms with van der Waals surface area (Å²) in [4.78, 5) is 13.1. The maximum Gasteiger partial charge on any atom is 0.332 e. The highest BCUT2D eigenvalue weighted by atomic mass is 35.5. The molecule has 112 valence electrons. The summed E-state index contributed by atoms with van der Waals surface area (Å²) in [6.45, 7) is 4.88. The molecule has 2 atom stereocenters. The fourth-order valence-electron chi connectivity index (χ4n) is 2.05. The van der Waals surface area contributed by atoms with Crippen LogP contribution in [0.2, 0.25) is 5.02 Å². The highest BCUT2D eigenvalue weighted by molar-refractivity contribution is 6.31. The van der Waals surface area contributed by atoms with E-state index in [2.05, 4.69) is 11.8 Å². The van der Waals surface area contributed by atoms with E-state index in [-0.39, 0.29) is 6.04 Å². The first-order chi connectivity index (χ1) is 9.47. The van der Waals surface area contributed by atoms with Crippen molar-refractivity contribution in [2.45, 2.75) is 32.4 Å². The van der Waals surface area contributed by atoms with Gasteiger partial charge in [-0.15, -0.1) is 0 Å². The molecule has 0 aliphatic rings. The highest BCUT2D eigenvalue weighted by Gasteiger charge is 2.20. The third-order valence-electron chi connectivity index (χ3n) is 3.40. The molecule has 1 rings (SSSR count). The molecule has 4 nitrogen and oxygen atoms in total. The van der Waals surface area contributed by atoms with Crippen molar-refractivity contribution in [2.75, 3.05) is 20.2 Å². The van der Waals surface area contributed by atoms with Crippen LogP contribution in [0.5, 0.6) is 0 Å². The first-order valence-electron chi connectivity index (χ1n) is 6.76. The number of aliphatic carboxylic acids is 1. The molecular weight excluding hydrogens is 278 g/mol. The van der Waals surface area contributed by atoms with Gasteiger partial charge in [0, 0.05) is 24.2 Å². The molecular formula is C15H22ClNO3. The Morgan fingerprint density at radius 3 is 2.65 bits per heavy atom. The standard InChI is InChI=1S/C15H22ClNO3/c1-4-20-14(15(18)19)9-10-17(3)11(2)12-7-5-6-8-13(12)16/h5-8,11,14H,4,9-10H2,1-3H3,(H,18,19). The van der Waals surface area contributed by atoms with Crippen LogP contribution in [0, 0.1) is 0 Å². The largest absolute Gasteiger partial charge is 0.479 e. The van der Waals surface area contributed by atoms with Crippen LogP contribution in [0.25, 0.3) is 0 Å². The Labute approximate surface area is 125 Å². The van der Waals surface area contributed by atoms with Crippen molar-refractivity contribution >= 4 is 17.6 Å². The van der Waals surface area contributed by atoms with Crippen LogP contribution >= 0.6 is 11.6 Å². The predicted octanol–water partition coefficient (Wildman–Crippen LogP) is 3.21. The topological polar surface area (TPSA) is 49.8 Å². The first kappa shape index (κ1) is 17.0. The van der Waals surface area contributed by atoms with Crippen LogP contribution in [-0.4, -0.2) is 42.3 Å². The van der Waals surface area contributed by atoms with Crippen molar-refractivity contribution in [3.63, 3.8) is 0 Å². The molecule has 1 aromatic rings. The van der Waals surface area contributed by atoms with E-state index in [4.69, 9.17) is 21.4 Å². The summed E-state index contributed by atoms with van der Waals surface area (Å²) in [5.41, 5.74) is 1.04. The molecule has 0 saturated heterocycles. The van der Waals surface area contributed by atoms with Gasteiger partial charge in [-0.05, 0) is 38.9 Å². The zero-order valence-electron chi connectivity index (χ0n) is 12.2. The minimum atomic E-state index is -0.911. The number of carbonyl (C=O) groups is 1. The van der Waals surface area contributed by atoms with Crippen molar-refractivity contribution in [1.82, 2.24) is 4.90 Å². The molecule has 1 aromatic carbocycles. The quantitative estimate of drug-likeness (QED) is 0.801. The summed E-state index contributed by atoms with van der Waals surface area (Å²) in [5, 5.41) is 9.78. The second-order valence-electron chi connectivity index (χ2n) is 4.75. The molecule has 0 spiro atoms. The number of hydrogen-bond acceptors (Lipinski definition) is 3. The van der Waals surface area contributed by atoms with E-state index < -0.39 is 12.1 Å². The summed E-state index contributed by atoms with van der Waals surface area (Å²) >= 11 is 6.18. The number of rotatable bonds is 8. The third kappa shape index (κ3) is 4.78. The van der Waals surface area contributed by atoms with Crippen LogP contribution in [0.1, 0.15) is 31.9 Å². The number of halogens is 1. The highest BCUT2D eigenvalue weighted by Crippen LogP contribution is 2.26. The van der Waals surface area contributed by atoms with Gasteiger partial charge < -0.3 is 9.84 Å². The normalized spacial score (nSPS) is 14.2. The number of carboxylic acids is 1. The van der Waals surface area contributed by atoms with Gasteiger partial charge in [0.05, 0.1) is 0 Å². The Bertz CT molecular complexity index is 439. The van der Waals surface area contributed by atoms with E-state index in [1.807, 2.05) is 31.3 Å². The molecule has 0 aliphatic heterocycles. The predicted molar refractivity (Wildman–Crippen MR) is 80.2 cm³/mol. The lowest BCUT2D eigenvalue weighted by atomic mass is 10.1. The van der Waals surface area contributed by atoms with E-state index in [0.717, 1.165) is 10.6 Å². The summed E-state index contributed by atoms with van der Waals surface area (Å²) in [6.07, 6.45) is -0.296. The van der Waals surface area contributed by atoms with Crippen LogP contribution in [0.15, 0.2) is 24.3 Å². The summed E-state index contributed by atoms with van der Waals surface area (Å²) in [5.74, 6) is -0.911. The van der Waals surface area contributed by atoms with Crippen molar-refractivity contribution in [3.8, 4) is 0 Å². The van der Waals surface area contributed by atoms with E-state index in [0.29, 0.717) is 19.6 Å². The summed E-state index contributed by atoms with van der Waals surface area (Å²) in [7, 11) is 1.96. The molecule has 20 heavy (non-hydrogen) atoms. The molecule has 0 saturated carbocycles. The average molecular weight is 300 g/mol. The van der Waals surface area contributed by atoms with Crippen molar-refractivity contribution in [2.24, 2.45) is 0 Å². The van der Waals surface area contributed by atoms with Crippen LogP contribution in [0.4, 0.5) is 0 Å². The number of hydrogen-bond donors (Lipinski definition) is 1. The van der Waals surface area contributed by atoms with E-state index in [9.17, 15) is 4.79 Å². The van der Waals surface area contributed by atoms with E-state index in [1.54, 1.807) is 6.92 Å². The van der Waals surface area contributed by atoms with Gasteiger partial charge in [0.25, 0.3) is 0 Å². The van der Waals surface area contributed by atoms with E-state index >= 15 is 0 Å². The van der Waals surface area contributed by atoms with E-state index in [1.165, 1.54) is 0 Å². The molecule has 0 heterocycles. The van der Waals surface area contributed by atoms with Gasteiger partial charge in [-0.2, -0.15) is 0 Å². The minimum Gasteiger partial charge on any atom is -0.479 e. The van der Waals surface area contributed by atoms with Gasteiger partial charge in [0.1, 0.15) is 0 Å². The van der Waals surface area contributed by atoms with Crippen molar-refractivity contribution in [1.29, 1.82) is 0 Å². The minimum absolute atomic E-state index is 0.125. The zero-order chi connectivity index (χ0) is 15.1. The second kappa shape index (κ2) is 8.25. The number of carboxylic acid groups (broad SMARTS) is 1. The molecule has 0 aliphatic carbocycles. The van der Waals surface area contributed by atoms with Gasteiger partial charge >= 0.3 is 5.97 Å². The lowest BCUT2D eigenvalue weighted by Gasteiger charge is -2.26. The molecule has 5 heteroatoms. The van der Waals surface area contributed by atoms with Crippen LogP contribution < -0.4 is 0 Å². The van der Waals surface area contributed by atoms with Gasteiger partial charge in [-0.3, -0.25) is 4.90 Å². The fourth-order valence-corrected chi connectivity index (χ4v) is 2.34. The molecule has 0 bridgehead atoms. The molecule has 2 unspecified atom stereocenters. The number of nitrogens with zero attached hydrogens (tertiary/aromatic N) is 1. The average Bonchev–Trinajstić information content (AvgIpc) is 2.42. The lowest BCUT2D eigenvalue weighted by Crippen LogP contribution is -2.31. The second-order valence-corrected chi connectivity index (χ2v) is 5.16. The van der Waals surface area contributed by atoms with Crippen molar-refractivity contribution in [3.05, 3.63) is 34.9 Å². The lowest BCUT2D eigenvalue weighted by molar-refractivity contribution is -0.150. The molecule has 1 N–H and O–H groups in total. The van der Waals surface area contributed by atoms with Crippen LogP contribution in [0.3, 0.4) is 0 Å². The maximum absolute atomic E-state index is 11.0. The Balaban J connectivity index is 2.60. The SMILES string of the molecule is CCOC(CCN(C)C(C)c1ccccc1Cl)C(=O)O. The molecule has 0 radical (unpaired) electrons. The molecule has 0 amide bonds. The summed E-state index contributed by atoms with van der Waals surface area (Å²) < 4.78 is 5.21. The van der Waals surface area contributed by atoms with Crippen LogP contribution in [-0.2, 0) is 9.53 Å².